The molecule has 0 N–H and O–H groups in total. The van der Waals surface area contributed by atoms with Crippen LogP contribution in [-0.4, -0.2) is 14.5 Å². The molecule has 1 unspecified atom stereocenters. The first-order chi connectivity index (χ1) is 9.97. The second kappa shape index (κ2) is 5.11. The van der Waals surface area contributed by atoms with Crippen LogP contribution in [0.4, 0.5) is 4.39 Å². The fourth-order valence-electron chi connectivity index (χ4n) is 2.31. The van der Waals surface area contributed by atoms with E-state index in [9.17, 15) is 4.39 Å². The van der Waals surface area contributed by atoms with Crippen LogP contribution in [0.2, 0.25) is 0 Å². The van der Waals surface area contributed by atoms with E-state index in [1.165, 1.54) is 6.07 Å². The van der Waals surface area contributed by atoms with Gasteiger partial charge in [-0.2, -0.15) is 0 Å². The molecule has 1 atom stereocenters. The standard InChI is InChI=1S/C16H15ClFN3/c1-9-4-6-12(8-13(9)18)21-15(11(3)17)20-14-7-5-10(2)19-16(14)21/h4-8,11H,1-3H3. The molecule has 2 aromatic heterocycles. The summed E-state index contributed by atoms with van der Waals surface area (Å²) in [7, 11) is 0. The summed E-state index contributed by atoms with van der Waals surface area (Å²) in [4.78, 5) is 9.05. The predicted molar refractivity (Wildman–Crippen MR) is 82.6 cm³/mol. The molecule has 5 heteroatoms. The Balaban J connectivity index is 2.35. The van der Waals surface area contributed by atoms with E-state index in [2.05, 4.69) is 9.97 Å². The van der Waals surface area contributed by atoms with Crippen molar-refractivity contribution in [2.45, 2.75) is 26.1 Å². The number of nitrogens with zero attached hydrogens (tertiary/aromatic N) is 3. The number of fused-ring (bicyclic) bond motifs is 1. The molecule has 3 aromatic rings. The Kier molecular flexibility index (Phi) is 3.41. The first-order valence-corrected chi connectivity index (χ1v) is 7.17. The summed E-state index contributed by atoms with van der Waals surface area (Å²) in [5.74, 6) is 0.406. The Labute approximate surface area is 127 Å². The van der Waals surface area contributed by atoms with E-state index in [4.69, 9.17) is 11.6 Å². The Bertz CT molecular complexity index is 824. The smallest absolute Gasteiger partial charge is 0.164 e. The van der Waals surface area contributed by atoms with Gasteiger partial charge in [0, 0.05) is 5.69 Å². The third kappa shape index (κ3) is 2.40. The topological polar surface area (TPSA) is 30.7 Å². The monoisotopic (exact) mass is 303 g/mol. The van der Waals surface area contributed by atoms with E-state index in [-0.39, 0.29) is 11.2 Å². The lowest BCUT2D eigenvalue weighted by Gasteiger charge is -2.11. The minimum atomic E-state index is -0.302. The van der Waals surface area contributed by atoms with Gasteiger partial charge in [0.1, 0.15) is 17.2 Å². The summed E-state index contributed by atoms with van der Waals surface area (Å²) in [6.45, 7) is 5.49. The molecule has 0 aliphatic carbocycles. The van der Waals surface area contributed by atoms with Crippen molar-refractivity contribution in [3.63, 3.8) is 0 Å². The van der Waals surface area contributed by atoms with Gasteiger partial charge in [0.25, 0.3) is 0 Å². The third-order valence-electron chi connectivity index (χ3n) is 3.44. The van der Waals surface area contributed by atoms with Gasteiger partial charge in [-0.3, -0.25) is 4.57 Å². The molecule has 0 aliphatic heterocycles. The highest BCUT2D eigenvalue weighted by molar-refractivity contribution is 6.20. The quantitative estimate of drug-likeness (QED) is 0.654. The van der Waals surface area contributed by atoms with Crippen LogP contribution in [0.5, 0.6) is 0 Å². The Morgan fingerprint density at radius 3 is 2.57 bits per heavy atom. The summed E-state index contributed by atoms with van der Waals surface area (Å²) >= 11 is 6.24. The molecular weight excluding hydrogens is 289 g/mol. The van der Waals surface area contributed by atoms with E-state index in [0.29, 0.717) is 22.7 Å². The van der Waals surface area contributed by atoms with Gasteiger partial charge in [0.15, 0.2) is 5.65 Å². The summed E-state index contributed by atoms with van der Waals surface area (Å²) in [6.07, 6.45) is 0. The number of benzene rings is 1. The van der Waals surface area contributed by atoms with Gasteiger partial charge in [-0.25, -0.2) is 14.4 Å². The highest BCUT2D eigenvalue weighted by Crippen LogP contribution is 2.28. The van der Waals surface area contributed by atoms with Crippen LogP contribution in [-0.2, 0) is 0 Å². The lowest BCUT2D eigenvalue weighted by molar-refractivity contribution is 0.617. The normalized spacial score (nSPS) is 12.8. The molecule has 0 radical (unpaired) electrons. The average molecular weight is 304 g/mol. The molecular formula is C16H15ClFN3. The van der Waals surface area contributed by atoms with E-state index < -0.39 is 0 Å². The predicted octanol–water partition coefficient (Wildman–Crippen LogP) is 4.48. The molecule has 0 saturated carbocycles. The zero-order valence-corrected chi connectivity index (χ0v) is 12.8. The van der Waals surface area contributed by atoms with Gasteiger partial charge >= 0.3 is 0 Å². The summed E-state index contributed by atoms with van der Waals surface area (Å²) in [6, 6.07) is 8.89. The largest absolute Gasteiger partial charge is 0.279 e. The number of rotatable bonds is 2. The maximum Gasteiger partial charge on any atom is 0.164 e. The Morgan fingerprint density at radius 2 is 1.90 bits per heavy atom. The van der Waals surface area contributed by atoms with Gasteiger partial charge in [-0.05, 0) is 50.6 Å². The lowest BCUT2D eigenvalue weighted by Crippen LogP contribution is -2.03. The van der Waals surface area contributed by atoms with E-state index in [1.807, 2.05) is 36.6 Å². The van der Waals surface area contributed by atoms with Crippen LogP contribution in [0.3, 0.4) is 0 Å². The van der Waals surface area contributed by atoms with Gasteiger partial charge in [-0.1, -0.05) is 6.07 Å². The molecule has 0 bridgehead atoms. The number of aryl methyl sites for hydroxylation is 2. The van der Waals surface area contributed by atoms with E-state index in [0.717, 1.165) is 11.2 Å². The molecule has 0 fully saturated rings. The van der Waals surface area contributed by atoms with Crippen molar-refractivity contribution in [3.05, 3.63) is 53.2 Å². The number of pyridine rings is 1. The van der Waals surface area contributed by atoms with Gasteiger partial charge < -0.3 is 0 Å². The summed E-state index contributed by atoms with van der Waals surface area (Å²) in [5, 5.41) is -0.302. The van der Waals surface area contributed by atoms with Crippen molar-refractivity contribution < 1.29 is 4.39 Å². The number of alkyl halides is 1. The number of hydrogen-bond acceptors (Lipinski definition) is 2. The molecule has 0 saturated heterocycles. The maximum atomic E-state index is 13.9. The molecule has 0 aliphatic rings. The second-order valence-corrected chi connectivity index (χ2v) is 5.80. The summed E-state index contributed by atoms with van der Waals surface area (Å²) < 4.78 is 15.7. The van der Waals surface area contributed by atoms with Crippen molar-refractivity contribution in [1.82, 2.24) is 14.5 Å². The number of halogens is 2. The molecule has 0 spiro atoms. The minimum Gasteiger partial charge on any atom is -0.279 e. The Hall–Kier alpha value is -1.94. The van der Waals surface area contributed by atoms with Gasteiger partial charge in [0.2, 0.25) is 0 Å². The molecule has 3 rings (SSSR count). The second-order valence-electron chi connectivity index (χ2n) is 5.15. The van der Waals surface area contributed by atoms with Crippen LogP contribution >= 0.6 is 11.6 Å². The van der Waals surface area contributed by atoms with Crippen LogP contribution in [0.15, 0.2) is 30.3 Å². The molecule has 108 valence electrons. The van der Waals surface area contributed by atoms with Crippen LogP contribution in [0.1, 0.15) is 29.4 Å². The minimum absolute atomic E-state index is 0.254. The first-order valence-electron chi connectivity index (χ1n) is 6.74. The Morgan fingerprint density at radius 1 is 1.14 bits per heavy atom. The number of aromatic nitrogens is 3. The fraction of sp³-hybridized carbons (Fsp3) is 0.250. The average Bonchev–Trinajstić information content (AvgIpc) is 2.80. The zero-order chi connectivity index (χ0) is 15.1. The van der Waals surface area contributed by atoms with Gasteiger partial charge in [-0.15, -0.1) is 11.6 Å². The molecule has 3 nitrogen and oxygen atoms in total. The van der Waals surface area contributed by atoms with Crippen molar-refractivity contribution >= 4 is 22.8 Å². The lowest BCUT2D eigenvalue weighted by atomic mass is 10.2. The third-order valence-corrected chi connectivity index (χ3v) is 3.63. The van der Waals surface area contributed by atoms with Crippen molar-refractivity contribution in [3.8, 4) is 5.69 Å². The highest BCUT2D eigenvalue weighted by Gasteiger charge is 2.18. The van der Waals surface area contributed by atoms with Crippen LogP contribution in [0.25, 0.3) is 16.9 Å². The van der Waals surface area contributed by atoms with E-state index in [1.54, 1.807) is 13.0 Å². The highest BCUT2D eigenvalue weighted by atomic mass is 35.5. The molecule has 1 aromatic carbocycles. The molecule has 21 heavy (non-hydrogen) atoms. The SMILES string of the molecule is Cc1ccc2nc(C(C)Cl)n(-c3ccc(C)c(F)c3)c2n1. The summed E-state index contributed by atoms with van der Waals surface area (Å²) in [5.41, 5.74) is 3.61. The number of imidazole rings is 1. The van der Waals surface area contributed by atoms with Gasteiger partial charge in [0.05, 0.1) is 11.1 Å². The fourth-order valence-corrected chi connectivity index (χ4v) is 2.46. The van der Waals surface area contributed by atoms with Crippen LogP contribution < -0.4 is 0 Å². The molecule has 2 heterocycles. The zero-order valence-electron chi connectivity index (χ0n) is 12.1. The first kappa shape index (κ1) is 14.0. The van der Waals surface area contributed by atoms with E-state index >= 15 is 0 Å². The molecule has 0 amide bonds. The van der Waals surface area contributed by atoms with Crippen molar-refractivity contribution in [2.75, 3.05) is 0 Å². The maximum absolute atomic E-state index is 13.9. The number of hydrogen-bond donors (Lipinski definition) is 0. The van der Waals surface area contributed by atoms with Crippen LogP contribution in [0, 0.1) is 19.7 Å². The van der Waals surface area contributed by atoms with Crippen molar-refractivity contribution in [1.29, 1.82) is 0 Å². The van der Waals surface area contributed by atoms with Crippen molar-refractivity contribution in [2.24, 2.45) is 0 Å².